The Labute approximate surface area is 120 Å². The van der Waals surface area contributed by atoms with E-state index in [9.17, 15) is 0 Å². The highest BCUT2D eigenvalue weighted by Crippen LogP contribution is 2.23. The van der Waals surface area contributed by atoms with Gasteiger partial charge in [0.05, 0.1) is 46.2 Å². The van der Waals surface area contributed by atoms with Crippen LogP contribution in [0.1, 0.15) is 4.88 Å². The van der Waals surface area contributed by atoms with Gasteiger partial charge in [-0.2, -0.15) is 0 Å². The van der Waals surface area contributed by atoms with Gasteiger partial charge in [0.15, 0.2) is 0 Å². The lowest BCUT2D eigenvalue weighted by molar-refractivity contribution is 0.00115. The van der Waals surface area contributed by atoms with E-state index in [1.54, 1.807) is 18.4 Å². The van der Waals surface area contributed by atoms with Crippen molar-refractivity contribution in [1.82, 2.24) is 0 Å². The summed E-state index contributed by atoms with van der Waals surface area (Å²) in [5.74, 6) is 0. The number of halogens is 1. The standard InChI is InChI=1S/C12H19BrO4S/c1-14-3-4-15-5-6-16-7-8-17-10-12-11(13)2-9-18-12/h2,9H,3-8,10H2,1H3. The summed E-state index contributed by atoms with van der Waals surface area (Å²) in [5, 5.41) is 2.04. The molecule has 0 atom stereocenters. The number of hydrogen-bond donors (Lipinski definition) is 0. The van der Waals surface area contributed by atoms with Crippen LogP contribution in [-0.2, 0) is 25.6 Å². The zero-order chi connectivity index (χ0) is 13.1. The molecule has 0 saturated heterocycles. The summed E-state index contributed by atoms with van der Waals surface area (Å²) in [4.78, 5) is 1.21. The molecule has 4 nitrogen and oxygen atoms in total. The van der Waals surface area contributed by atoms with Gasteiger partial charge in [-0.05, 0) is 27.4 Å². The van der Waals surface area contributed by atoms with Gasteiger partial charge in [-0.15, -0.1) is 11.3 Å². The molecule has 0 bridgehead atoms. The number of rotatable bonds is 11. The van der Waals surface area contributed by atoms with Crippen molar-refractivity contribution in [3.63, 3.8) is 0 Å². The molecule has 18 heavy (non-hydrogen) atoms. The number of ether oxygens (including phenoxy) is 4. The maximum absolute atomic E-state index is 5.50. The van der Waals surface area contributed by atoms with Crippen LogP contribution >= 0.6 is 27.3 Å². The van der Waals surface area contributed by atoms with Gasteiger partial charge in [0.1, 0.15) is 0 Å². The first-order valence-electron chi connectivity index (χ1n) is 5.78. The monoisotopic (exact) mass is 338 g/mol. The van der Waals surface area contributed by atoms with Crippen molar-refractivity contribution >= 4 is 27.3 Å². The second-order valence-corrected chi connectivity index (χ2v) is 5.32. The van der Waals surface area contributed by atoms with Crippen LogP contribution in [0.25, 0.3) is 0 Å². The van der Waals surface area contributed by atoms with E-state index in [1.165, 1.54) is 4.88 Å². The first-order valence-corrected chi connectivity index (χ1v) is 7.46. The zero-order valence-corrected chi connectivity index (χ0v) is 12.9. The van der Waals surface area contributed by atoms with Gasteiger partial charge in [0, 0.05) is 16.5 Å². The lowest BCUT2D eigenvalue weighted by Crippen LogP contribution is -2.11. The molecule has 0 aromatic carbocycles. The van der Waals surface area contributed by atoms with Crippen molar-refractivity contribution in [1.29, 1.82) is 0 Å². The predicted octanol–water partition coefficient (Wildman–Crippen LogP) is 2.71. The maximum atomic E-state index is 5.50. The van der Waals surface area contributed by atoms with E-state index in [4.69, 9.17) is 18.9 Å². The van der Waals surface area contributed by atoms with Crippen LogP contribution in [0, 0.1) is 0 Å². The van der Waals surface area contributed by atoms with Crippen molar-refractivity contribution in [3.05, 3.63) is 20.8 Å². The van der Waals surface area contributed by atoms with Gasteiger partial charge in [0.2, 0.25) is 0 Å². The highest BCUT2D eigenvalue weighted by molar-refractivity contribution is 9.10. The predicted molar refractivity (Wildman–Crippen MR) is 75.2 cm³/mol. The minimum atomic E-state index is 0.593. The van der Waals surface area contributed by atoms with Crippen LogP contribution in [0.2, 0.25) is 0 Å². The topological polar surface area (TPSA) is 36.9 Å². The molecule has 1 aromatic rings. The van der Waals surface area contributed by atoms with Crippen LogP contribution in [0.15, 0.2) is 15.9 Å². The third kappa shape index (κ3) is 7.45. The van der Waals surface area contributed by atoms with E-state index in [2.05, 4.69) is 15.9 Å². The third-order valence-electron chi connectivity index (χ3n) is 2.10. The molecule has 0 unspecified atom stereocenters. The molecular formula is C12H19BrO4S. The summed E-state index contributed by atoms with van der Waals surface area (Å²) < 4.78 is 22.1. The Bertz CT molecular complexity index is 306. The van der Waals surface area contributed by atoms with E-state index in [0.717, 1.165) is 4.47 Å². The first-order chi connectivity index (χ1) is 8.84. The number of hydrogen-bond acceptors (Lipinski definition) is 5. The second-order valence-electron chi connectivity index (χ2n) is 3.46. The van der Waals surface area contributed by atoms with Crippen LogP contribution in [0.3, 0.4) is 0 Å². The van der Waals surface area contributed by atoms with E-state index in [-0.39, 0.29) is 0 Å². The van der Waals surface area contributed by atoms with Crippen molar-refractivity contribution in [2.75, 3.05) is 46.8 Å². The van der Waals surface area contributed by atoms with Gasteiger partial charge in [-0.1, -0.05) is 0 Å². The summed E-state index contributed by atoms with van der Waals surface area (Å²) in [6.07, 6.45) is 0. The van der Waals surface area contributed by atoms with Crippen molar-refractivity contribution in [2.45, 2.75) is 6.61 Å². The van der Waals surface area contributed by atoms with Gasteiger partial charge >= 0.3 is 0 Å². The van der Waals surface area contributed by atoms with Crippen molar-refractivity contribution < 1.29 is 18.9 Å². The fourth-order valence-corrected chi connectivity index (χ4v) is 2.58. The molecule has 0 aliphatic carbocycles. The van der Waals surface area contributed by atoms with E-state index >= 15 is 0 Å². The van der Waals surface area contributed by atoms with Crippen LogP contribution in [-0.4, -0.2) is 46.8 Å². The third-order valence-corrected chi connectivity index (χ3v) is 4.00. The first kappa shape index (κ1) is 16.1. The van der Waals surface area contributed by atoms with Crippen LogP contribution in [0.5, 0.6) is 0 Å². The minimum Gasteiger partial charge on any atom is -0.382 e. The second kappa shape index (κ2) is 10.9. The van der Waals surface area contributed by atoms with Crippen molar-refractivity contribution in [3.8, 4) is 0 Å². The molecule has 0 N–H and O–H groups in total. The molecule has 0 radical (unpaired) electrons. The minimum absolute atomic E-state index is 0.593. The summed E-state index contributed by atoms with van der Waals surface area (Å²) in [5.41, 5.74) is 0. The molecule has 0 spiro atoms. The molecule has 6 heteroatoms. The van der Waals surface area contributed by atoms with Crippen LogP contribution in [0.4, 0.5) is 0 Å². The number of methoxy groups -OCH3 is 1. The number of thiophene rings is 1. The van der Waals surface area contributed by atoms with E-state index < -0.39 is 0 Å². The van der Waals surface area contributed by atoms with Gasteiger partial charge in [0.25, 0.3) is 0 Å². The molecule has 0 saturated carbocycles. The van der Waals surface area contributed by atoms with E-state index in [0.29, 0.717) is 46.2 Å². The average molecular weight is 339 g/mol. The largest absolute Gasteiger partial charge is 0.382 e. The Morgan fingerprint density at radius 3 is 2.17 bits per heavy atom. The van der Waals surface area contributed by atoms with Crippen LogP contribution < -0.4 is 0 Å². The van der Waals surface area contributed by atoms with Crippen molar-refractivity contribution in [2.24, 2.45) is 0 Å². The lowest BCUT2D eigenvalue weighted by Gasteiger charge is -2.06. The summed E-state index contributed by atoms with van der Waals surface area (Å²) in [6, 6.07) is 2.03. The Morgan fingerprint density at radius 1 is 1.00 bits per heavy atom. The molecule has 104 valence electrons. The Kier molecular flexibility index (Phi) is 9.73. The highest BCUT2D eigenvalue weighted by Gasteiger charge is 2.00. The molecule has 1 heterocycles. The maximum Gasteiger partial charge on any atom is 0.0821 e. The summed E-state index contributed by atoms with van der Waals surface area (Å²) in [6.45, 7) is 4.25. The quantitative estimate of drug-likeness (QED) is 0.581. The SMILES string of the molecule is COCCOCCOCCOCc1sccc1Br. The van der Waals surface area contributed by atoms with Gasteiger partial charge < -0.3 is 18.9 Å². The molecule has 1 aromatic heterocycles. The summed E-state index contributed by atoms with van der Waals surface area (Å²) >= 11 is 5.15. The molecule has 0 aliphatic rings. The summed E-state index contributed by atoms with van der Waals surface area (Å²) in [7, 11) is 1.66. The zero-order valence-electron chi connectivity index (χ0n) is 10.5. The van der Waals surface area contributed by atoms with Gasteiger partial charge in [-0.25, -0.2) is 0 Å². The average Bonchev–Trinajstić information content (AvgIpc) is 2.77. The smallest absolute Gasteiger partial charge is 0.0821 e. The Balaban J connectivity index is 1.83. The Hall–Kier alpha value is 0.0200. The van der Waals surface area contributed by atoms with Gasteiger partial charge in [-0.3, -0.25) is 0 Å². The fraction of sp³-hybridized carbons (Fsp3) is 0.667. The Morgan fingerprint density at radius 2 is 1.61 bits per heavy atom. The molecule has 0 fully saturated rings. The molecule has 0 aliphatic heterocycles. The molecular weight excluding hydrogens is 320 g/mol. The molecule has 0 amide bonds. The molecule has 1 rings (SSSR count). The highest BCUT2D eigenvalue weighted by atomic mass is 79.9. The fourth-order valence-electron chi connectivity index (χ4n) is 1.18. The lowest BCUT2D eigenvalue weighted by atomic mass is 10.5. The normalized spacial score (nSPS) is 11.0. The van der Waals surface area contributed by atoms with E-state index in [1.807, 2.05) is 11.4 Å².